The van der Waals surface area contributed by atoms with E-state index in [2.05, 4.69) is 70.9 Å². The fourth-order valence-corrected chi connectivity index (χ4v) is 3.76. The maximum Gasteiger partial charge on any atom is 0.0884 e. The van der Waals surface area contributed by atoms with Crippen LogP contribution in [0.15, 0.2) is 70.9 Å². The van der Waals surface area contributed by atoms with Crippen LogP contribution in [0.4, 0.5) is 0 Å². The minimum atomic E-state index is 0.119. The first kappa shape index (κ1) is 15.1. The van der Waals surface area contributed by atoms with Gasteiger partial charge in [0.25, 0.3) is 0 Å². The van der Waals surface area contributed by atoms with E-state index in [4.69, 9.17) is 9.98 Å². The van der Waals surface area contributed by atoms with Crippen molar-refractivity contribution in [1.82, 2.24) is 9.97 Å². The molecule has 0 saturated heterocycles. The predicted molar refractivity (Wildman–Crippen MR) is 109 cm³/mol. The lowest BCUT2D eigenvalue weighted by molar-refractivity contribution is 0.792. The summed E-state index contributed by atoms with van der Waals surface area (Å²) in [4.78, 5) is 16.2. The number of nitrogens with one attached hydrogen (secondary N) is 2. The van der Waals surface area contributed by atoms with Crippen molar-refractivity contribution in [2.45, 2.75) is 24.9 Å². The Balaban J connectivity index is 1.29. The molecule has 4 aromatic rings. The molecule has 0 bridgehead atoms. The van der Waals surface area contributed by atoms with Crippen LogP contribution in [0.25, 0.3) is 21.8 Å². The van der Waals surface area contributed by atoms with Gasteiger partial charge in [-0.2, -0.15) is 0 Å². The second-order valence-corrected chi connectivity index (χ2v) is 6.86. The number of aromatic amines is 2. The van der Waals surface area contributed by atoms with Crippen LogP contribution >= 0.6 is 0 Å². The van der Waals surface area contributed by atoms with Gasteiger partial charge in [-0.1, -0.05) is 36.4 Å². The Hall–Kier alpha value is -3.14. The minimum Gasteiger partial charge on any atom is -0.361 e. The van der Waals surface area contributed by atoms with Crippen molar-refractivity contribution in [3.8, 4) is 0 Å². The lowest BCUT2D eigenvalue weighted by Gasteiger charge is -2.15. The molecule has 5 rings (SSSR count). The molecule has 0 amide bonds. The topological polar surface area (TPSA) is 56.3 Å². The van der Waals surface area contributed by atoms with E-state index < -0.39 is 0 Å². The first-order chi connectivity index (χ1) is 12.9. The number of nitrogens with zero attached hydrogens (tertiary/aromatic N) is 2. The Kier molecular flexibility index (Phi) is 3.67. The Morgan fingerprint density at radius 2 is 1.12 bits per heavy atom. The van der Waals surface area contributed by atoms with Crippen molar-refractivity contribution < 1.29 is 0 Å². The average Bonchev–Trinajstić information content (AvgIpc) is 3.28. The summed E-state index contributed by atoms with van der Waals surface area (Å²) >= 11 is 0. The lowest BCUT2D eigenvalue weighted by Crippen LogP contribution is -2.22. The van der Waals surface area contributed by atoms with Crippen molar-refractivity contribution >= 4 is 34.2 Å². The van der Waals surface area contributed by atoms with E-state index in [0.717, 1.165) is 12.8 Å². The molecule has 4 heteroatoms. The van der Waals surface area contributed by atoms with Gasteiger partial charge in [0.05, 0.1) is 12.1 Å². The summed E-state index contributed by atoms with van der Waals surface area (Å²) < 4.78 is 0. The number of rotatable bonds is 4. The molecule has 0 saturated carbocycles. The van der Waals surface area contributed by atoms with Crippen molar-refractivity contribution in [3.63, 3.8) is 0 Å². The van der Waals surface area contributed by atoms with E-state index in [1.165, 1.54) is 32.9 Å². The molecule has 3 heterocycles. The number of aromatic nitrogens is 2. The highest BCUT2D eigenvalue weighted by atomic mass is 14.9. The predicted octanol–water partition coefficient (Wildman–Crippen LogP) is 4.33. The SMILES string of the molecule is C1=NC(Cc2c[nH]c3ccccc23)C=NC1Cc1c[nH]c2ccccc12. The second-order valence-electron chi connectivity index (χ2n) is 6.86. The van der Waals surface area contributed by atoms with E-state index >= 15 is 0 Å². The molecule has 2 aromatic heterocycles. The van der Waals surface area contributed by atoms with E-state index in [9.17, 15) is 0 Å². The van der Waals surface area contributed by atoms with Gasteiger partial charge in [-0.25, -0.2) is 0 Å². The van der Waals surface area contributed by atoms with Gasteiger partial charge in [-0.05, 0) is 23.3 Å². The van der Waals surface area contributed by atoms with Crippen LogP contribution < -0.4 is 0 Å². The van der Waals surface area contributed by atoms with Crippen molar-refractivity contribution in [2.75, 3.05) is 0 Å². The largest absolute Gasteiger partial charge is 0.361 e. The molecule has 0 fully saturated rings. The molecule has 128 valence electrons. The Bertz CT molecular complexity index is 1010. The minimum absolute atomic E-state index is 0.119. The first-order valence-electron chi connectivity index (χ1n) is 9.03. The summed E-state index contributed by atoms with van der Waals surface area (Å²) in [6, 6.07) is 17.0. The zero-order chi connectivity index (χ0) is 17.3. The number of benzene rings is 2. The molecule has 1 aliphatic rings. The van der Waals surface area contributed by atoms with Crippen LogP contribution in [0, 0.1) is 0 Å². The zero-order valence-electron chi connectivity index (χ0n) is 14.4. The molecular formula is C22H20N4. The second kappa shape index (κ2) is 6.30. The number of aliphatic imine (C=N–C) groups is 2. The third kappa shape index (κ3) is 2.73. The monoisotopic (exact) mass is 340 g/mol. The Morgan fingerprint density at radius 1 is 0.654 bits per heavy atom. The molecular weight excluding hydrogens is 320 g/mol. The molecule has 0 spiro atoms. The fraction of sp³-hybridized carbons (Fsp3) is 0.182. The number of H-pyrrole nitrogens is 2. The van der Waals surface area contributed by atoms with Crippen LogP contribution in [-0.2, 0) is 12.8 Å². The van der Waals surface area contributed by atoms with Gasteiger partial charge in [0.2, 0.25) is 0 Å². The van der Waals surface area contributed by atoms with Gasteiger partial charge in [0.15, 0.2) is 0 Å². The van der Waals surface area contributed by atoms with Gasteiger partial charge in [0.1, 0.15) is 0 Å². The summed E-state index contributed by atoms with van der Waals surface area (Å²) in [6.07, 6.45) is 9.97. The number of hydrogen-bond donors (Lipinski definition) is 2. The molecule has 1 aliphatic heterocycles. The van der Waals surface area contributed by atoms with E-state index in [0.29, 0.717) is 0 Å². The van der Waals surface area contributed by atoms with Crippen molar-refractivity contribution in [2.24, 2.45) is 9.98 Å². The van der Waals surface area contributed by atoms with Gasteiger partial charge in [-0.3, -0.25) is 9.98 Å². The number of fused-ring (bicyclic) bond motifs is 2. The van der Waals surface area contributed by atoms with Crippen LogP contribution in [0.2, 0.25) is 0 Å². The van der Waals surface area contributed by atoms with Crippen molar-refractivity contribution in [3.05, 3.63) is 72.1 Å². The third-order valence-electron chi connectivity index (χ3n) is 5.11. The maximum atomic E-state index is 4.75. The fourth-order valence-electron chi connectivity index (χ4n) is 3.76. The molecule has 26 heavy (non-hydrogen) atoms. The highest BCUT2D eigenvalue weighted by molar-refractivity contribution is 5.86. The normalized spacial score (nSPS) is 19.5. The summed E-state index contributed by atoms with van der Waals surface area (Å²) in [6.45, 7) is 0. The average molecular weight is 340 g/mol. The highest BCUT2D eigenvalue weighted by Crippen LogP contribution is 2.22. The van der Waals surface area contributed by atoms with Crippen LogP contribution in [0.3, 0.4) is 0 Å². The number of hydrogen-bond acceptors (Lipinski definition) is 2. The third-order valence-corrected chi connectivity index (χ3v) is 5.11. The Labute approximate surface area is 151 Å². The smallest absolute Gasteiger partial charge is 0.0884 e. The van der Waals surface area contributed by atoms with E-state index in [1.807, 2.05) is 12.4 Å². The first-order valence-corrected chi connectivity index (χ1v) is 9.03. The molecule has 0 aliphatic carbocycles. The van der Waals surface area contributed by atoms with Gasteiger partial charge >= 0.3 is 0 Å². The Morgan fingerprint density at radius 3 is 1.58 bits per heavy atom. The molecule has 2 aromatic carbocycles. The molecule has 2 unspecified atom stereocenters. The van der Waals surface area contributed by atoms with Crippen molar-refractivity contribution in [1.29, 1.82) is 0 Å². The summed E-state index contributed by atoms with van der Waals surface area (Å²) in [5, 5.41) is 2.55. The van der Waals surface area contributed by atoms with Gasteiger partial charge < -0.3 is 9.97 Å². The molecule has 2 atom stereocenters. The highest BCUT2D eigenvalue weighted by Gasteiger charge is 2.16. The lowest BCUT2D eigenvalue weighted by atomic mass is 10.0. The molecule has 2 N–H and O–H groups in total. The van der Waals surface area contributed by atoms with E-state index in [1.54, 1.807) is 0 Å². The van der Waals surface area contributed by atoms with Gasteiger partial charge in [0, 0.05) is 59.5 Å². The van der Waals surface area contributed by atoms with E-state index in [-0.39, 0.29) is 12.1 Å². The summed E-state index contributed by atoms with van der Waals surface area (Å²) in [5.41, 5.74) is 4.95. The summed E-state index contributed by atoms with van der Waals surface area (Å²) in [7, 11) is 0. The molecule has 4 nitrogen and oxygen atoms in total. The van der Waals surface area contributed by atoms with Gasteiger partial charge in [-0.15, -0.1) is 0 Å². The van der Waals surface area contributed by atoms with Crippen LogP contribution in [0.5, 0.6) is 0 Å². The standard InChI is InChI=1S/C22H20N4/c1-3-7-21-19(5-1)15(11-25-21)9-17-13-24-18(14-23-17)10-16-12-26-22-8-4-2-6-20(16)22/h1-8,11-14,17-18,25-26H,9-10H2. The van der Waals surface area contributed by atoms with Crippen LogP contribution in [-0.4, -0.2) is 34.5 Å². The zero-order valence-corrected chi connectivity index (χ0v) is 14.4. The number of para-hydroxylation sites is 2. The molecule has 0 radical (unpaired) electrons. The quantitative estimate of drug-likeness (QED) is 0.556. The summed E-state index contributed by atoms with van der Waals surface area (Å²) in [5.74, 6) is 0. The van der Waals surface area contributed by atoms with Crippen LogP contribution in [0.1, 0.15) is 11.1 Å². The maximum absolute atomic E-state index is 4.75.